The van der Waals surface area contributed by atoms with Gasteiger partial charge in [0.25, 0.3) is 0 Å². The van der Waals surface area contributed by atoms with Gasteiger partial charge in [0.15, 0.2) is 5.96 Å². The van der Waals surface area contributed by atoms with Gasteiger partial charge in [0.1, 0.15) is 6.04 Å². The van der Waals surface area contributed by atoms with Crippen LogP contribution < -0.4 is 35.8 Å². The highest BCUT2D eigenvalue weighted by atomic mass is 35.5. The first kappa shape index (κ1) is 18.7. The Balaban J connectivity index is -0.000000605. The van der Waals surface area contributed by atoms with Gasteiger partial charge in [0, 0.05) is 6.54 Å². The minimum atomic E-state index is -1.00. The van der Waals surface area contributed by atoms with Crippen molar-refractivity contribution in [3.05, 3.63) is 0 Å². The first-order valence-electron chi connectivity index (χ1n) is 3.58. The van der Waals surface area contributed by atoms with Crippen molar-refractivity contribution in [2.45, 2.75) is 18.9 Å². The lowest BCUT2D eigenvalue weighted by Crippen LogP contribution is -3.00. The summed E-state index contributed by atoms with van der Waals surface area (Å²) in [5.41, 5.74) is 15.3. The second-order valence-electron chi connectivity index (χ2n) is 2.39. The van der Waals surface area contributed by atoms with E-state index in [0.717, 1.165) is 0 Å². The standard InChI is InChI=1S/C6H14N4O2.ClH.H3N/c7-4(5(11)12)2-1-3-10-6(8)9;;/h4H,1-3,7H2,(H,11,12)(H4,8,9,10);1H;1H3. The molecule has 11 N–H and O–H groups in total. The van der Waals surface area contributed by atoms with E-state index in [9.17, 15) is 4.79 Å². The molecule has 0 radical (unpaired) electrons. The monoisotopic (exact) mass is 227 g/mol. The fraction of sp³-hybridized carbons (Fsp3) is 0.667. The van der Waals surface area contributed by atoms with E-state index < -0.39 is 12.0 Å². The Morgan fingerprint density at radius 2 is 1.93 bits per heavy atom. The first-order chi connectivity index (χ1) is 5.54. The van der Waals surface area contributed by atoms with Crippen LogP contribution in [0.3, 0.4) is 0 Å². The second kappa shape index (κ2) is 10.0. The van der Waals surface area contributed by atoms with Gasteiger partial charge in [-0.15, -0.1) is 0 Å². The first-order valence-corrected chi connectivity index (χ1v) is 3.58. The number of carbonyl (C=O) groups is 1. The number of quaternary nitrogens is 1. The van der Waals surface area contributed by atoms with Crippen molar-refractivity contribution in [1.29, 1.82) is 0 Å². The molecule has 0 aliphatic rings. The maximum atomic E-state index is 10.2. The lowest BCUT2D eigenvalue weighted by Gasteiger charge is -2.03. The van der Waals surface area contributed by atoms with Crippen LogP contribution in [0.25, 0.3) is 0 Å². The number of halogens is 1. The van der Waals surface area contributed by atoms with Gasteiger partial charge in [0.2, 0.25) is 0 Å². The molecule has 14 heavy (non-hydrogen) atoms. The number of hydrogen-bond acceptors (Lipinski definition) is 3. The van der Waals surface area contributed by atoms with Gasteiger partial charge >= 0.3 is 5.97 Å². The molecule has 0 aliphatic heterocycles. The summed E-state index contributed by atoms with van der Waals surface area (Å²) >= 11 is 0. The number of aliphatic imine (C=N–C) groups is 1. The van der Waals surface area contributed by atoms with Crippen LogP contribution in [0.1, 0.15) is 12.8 Å². The summed E-state index contributed by atoms with van der Waals surface area (Å²) < 4.78 is 0. The van der Waals surface area contributed by atoms with E-state index in [1.54, 1.807) is 0 Å². The number of carboxylic acids is 1. The number of rotatable bonds is 5. The maximum absolute atomic E-state index is 10.2. The van der Waals surface area contributed by atoms with Crippen molar-refractivity contribution >= 4 is 11.9 Å². The Bertz CT molecular complexity index is 183. The average molecular weight is 228 g/mol. The molecule has 0 heterocycles. The number of aliphatic carboxylic acids is 1. The van der Waals surface area contributed by atoms with Crippen molar-refractivity contribution in [2.24, 2.45) is 22.2 Å². The van der Waals surface area contributed by atoms with Gasteiger partial charge in [-0.2, -0.15) is 0 Å². The summed E-state index contributed by atoms with van der Waals surface area (Å²) in [6.07, 6.45) is 0.956. The molecule has 0 saturated heterocycles. The summed E-state index contributed by atoms with van der Waals surface area (Å²) in [6.45, 7) is 0.420. The highest BCUT2D eigenvalue weighted by Gasteiger charge is 2.09. The van der Waals surface area contributed by atoms with Crippen LogP contribution in [0, 0.1) is 0 Å². The van der Waals surface area contributed by atoms with Crippen LogP contribution in [0.4, 0.5) is 0 Å². The average Bonchev–Trinajstić information content (AvgIpc) is 1.97. The summed E-state index contributed by atoms with van der Waals surface area (Å²) in [5.74, 6) is -0.987. The molecular weight excluding hydrogens is 210 g/mol. The van der Waals surface area contributed by atoms with Crippen LogP contribution in [0.5, 0.6) is 0 Å². The van der Waals surface area contributed by atoms with Gasteiger partial charge < -0.3 is 40.9 Å². The van der Waals surface area contributed by atoms with Crippen molar-refractivity contribution in [2.75, 3.05) is 6.54 Å². The molecule has 1 atom stereocenters. The van der Waals surface area contributed by atoms with Crippen molar-refractivity contribution in [3.63, 3.8) is 0 Å². The fourth-order valence-corrected chi connectivity index (χ4v) is 0.643. The topological polar surface area (TPSA) is 164 Å². The van der Waals surface area contributed by atoms with Crippen molar-refractivity contribution < 1.29 is 22.3 Å². The zero-order chi connectivity index (χ0) is 9.56. The Kier molecular flexibility index (Phi) is 13.4. The summed E-state index contributed by atoms with van der Waals surface area (Å²) in [6, 6.07) is -0.820. The van der Waals surface area contributed by atoms with Gasteiger partial charge in [-0.3, -0.25) is 9.79 Å². The van der Waals surface area contributed by atoms with Gasteiger partial charge in [-0.05, 0) is 12.8 Å². The highest BCUT2D eigenvalue weighted by Crippen LogP contribution is 1.94. The third kappa shape index (κ3) is 11.0. The van der Waals surface area contributed by atoms with E-state index in [1.165, 1.54) is 0 Å². The smallest absolute Gasteiger partial charge is 0.320 e. The number of hydrogen-bond donors (Lipinski definition) is 5. The minimum Gasteiger partial charge on any atom is -1.00 e. The molecule has 0 aromatic heterocycles. The molecule has 0 aliphatic carbocycles. The predicted octanol–water partition coefficient (Wildman–Crippen LogP) is -4.17. The third-order valence-electron chi connectivity index (χ3n) is 1.28. The quantitative estimate of drug-likeness (QED) is 0.182. The molecule has 0 aromatic rings. The number of nitrogens with two attached hydrogens (primary N) is 3. The van der Waals surface area contributed by atoms with Crippen LogP contribution in [-0.4, -0.2) is 29.6 Å². The largest absolute Gasteiger partial charge is 1.00 e. The highest BCUT2D eigenvalue weighted by molar-refractivity contribution is 5.75. The zero-order valence-corrected chi connectivity index (χ0v) is 8.87. The lowest BCUT2D eigenvalue weighted by molar-refractivity contribution is -0.138. The Labute approximate surface area is 88.7 Å². The van der Waals surface area contributed by atoms with E-state index in [2.05, 4.69) is 4.99 Å². The van der Waals surface area contributed by atoms with Gasteiger partial charge in [0.05, 0.1) is 0 Å². The Morgan fingerprint density at radius 1 is 1.43 bits per heavy atom. The summed E-state index contributed by atoms with van der Waals surface area (Å²) in [5, 5.41) is 8.38. The molecule has 0 bridgehead atoms. The van der Waals surface area contributed by atoms with Crippen LogP contribution in [-0.2, 0) is 4.79 Å². The van der Waals surface area contributed by atoms with Gasteiger partial charge in [-0.25, -0.2) is 0 Å². The fourth-order valence-electron chi connectivity index (χ4n) is 0.643. The molecule has 0 fully saturated rings. The molecule has 0 aromatic carbocycles. The van der Waals surface area contributed by atoms with E-state index in [-0.39, 0.29) is 24.5 Å². The van der Waals surface area contributed by atoms with E-state index >= 15 is 0 Å². The van der Waals surface area contributed by atoms with Crippen molar-refractivity contribution in [1.82, 2.24) is 6.15 Å². The SMILES string of the molecule is NC(N)=NCCCC(N)C(=O)O.[Cl-].[NH4+]. The molecule has 86 valence electrons. The molecule has 0 amide bonds. The molecule has 0 rings (SSSR count). The van der Waals surface area contributed by atoms with E-state index in [1.807, 2.05) is 0 Å². The normalized spacial score (nSPS) is 10.4. The van der Waals surface area contributed by atoms with E-state index in [4.69, 9.17) is 22.3 Å². The van der Waals surface area contributed by atoms with Crippen LogP contribution >= 0.6 is 0 Å². The number of guanidine groups is 1. The number of carboxylic acid groups (broad SMARTS) is 1. The summed E-state index contributed by atoms with van der Waals surface area (Å²) in [7, 11) is 0. The number of nitrogens with zero attached hydrogens (tertiary/aromatic N) is 1. The molecule has 0 saturated carbocycles. The van der Waals surface area contributed by atoms with Crippen LogP contribution in [0.2, 0.25) is 0 Å². The maximum Gasteiger partial charge on any atom is 0.320 e. The second-order valence-corrected chi connectivity index (χ2v) is 2.39. The third-order valence-corrected chi connectivity index (χ3v) is 1.28. The van der Waals surface area contributed by atoms with Crippen LogP contribution in [0.15, 0.2) is 4.99 Å². The Hall–Kier alpha value is -1.05. The minimum absolute atomic E-state index is 0. The molecule has 7 nitrogen and oxygen atoms in total. The molecular formula is C6H18ClN5O2. The molecule has 1 unspecified atom stereocenters. The molecule has 8 heteroatoms. The predicted molar refractivity (Wildman–Crippen MR) is 51.5 cm³/mol. The van der Waals surface area contributed by atoms with E-state index in [0.29, 0.717) is 19.4 Å². The zero-order valence-electron chi connectivity index (χ0n) is 8.11. The van der Waals surface area contributed by atoms with Gasteiger partial charge in [-0.1, -0.05) is 0 Å². The summed E-state index contributed by atoms with van der Waals surface area (Å²) in [4.78, 5) is 13.9. The lowest BCUT2D eigenvalue weighted by atomic mass is 10.2. The molecule has 0 spiro atoms. The van der Waals surface area contributed by atoms with Crippen molar-refractivity contribution in [3.8, 4) is 0 Å². The Morgan fingerprint density at radius 3 is 2.29 bits per heavy atom.